The third-order valence-electron chi connectivity index (χ3n) is 2.04. The number of methoxy groups -OCH3 is 1. The summed E-state index contributed by atoms with van der Waals surface area (Å²) in [6.45, 7) is 1.54. The first-order valence-corrected chi connectivity index (χ1v) is 6.04. The van der Waals surface area contributed by atoms with E-state index in [0.717, 1.165) is 5.56 Å². The zero-order valence-corrected chi connectivity index (χ0v) is 10.6. The maximum Gasteiger partial charge on any atom is 0.186 e. The van der Waals surface area contributed by atoms with Gasteiger partial charge in [0.05, 0.1) is 12.7 Å². The van der Waals surface area contributed by atoms with Crippen LogP contribution in [0.1, 0.15) is 18.1 Å². The highest BCUT2D eigenvalue weighted by Gasteiger charge is 2.01. The Bertz CT molecular complexity index is 475. The molecule has 0 atom stereocenters. The Labute approximate surface area is 105 Å². The van der Waals surface area contributed by atoms with Crippen LogP contribution in [0.3, 0.4) is 0 Å². The van der Waals surface area contributed by atoms with E-state index in [1.165, 1.54) is 18.9 Å². The third kappa shape index (κ3) is 4.33. The molecule has 0 aliphatic carbocycles. The van der Waals surface area contributed by atoms with E-state index in [2.05, 4.69) is 6.07 Å². The van der Waals surface area contributed by atoms with Gasteiger partial charge in [-0.3, -0.25) is 4.79 Å². The minimum absolute atomic E-state index is 0.0992. The van der Waals surface area contributed by atoms with Gasteiger partial charge in [0.1, 0.15) is 11.8 Å². The summed E-state index contributed by atoms with van der Waals surface area (Å²) in [5.41, 5.74) is 1.43. The maximum absolute atomic E-state index is 10.7. The van der Waals surface area contributed by atoms with E-state index >= 15 is 0 Å². The van der Waals surface area contributed by atoms with Crippen LogP contribution >= 0.6 is 11.8 Å². The average Bonchev–Trinajstić information content (AvgIpc) is 2.34. The summed E-state index contributed by atoms with van der Waals surface area (Å²) in [7, 11) is 1.54. The summed E-state index contributed by atoms with van der Waals surface area (Å²) < 4.78 is 5.05. The number of benzene rings is 1. The van der Waals surface area contributed by atoms with Crippen molar-refractivity contribution in [3.63, 3.8) is 0 Å². The standard InChI is InChI=1S/C13H13NO2S/c1-10(15)17-7-3-4-11-5-6-13(16-2)12(8-11)9-14/h3-6,8H,7H2,1-2H3. The first-order chi connectivity index (χ1) is 8.17. The number of ether oxygens (including phenoxy) is 1. The lowest BCUT2D eigenvalue weighted by molar-refractivity contribution is -0.109. The van der Waals surface area contributed by atoms with Gasteiger partial charge in [0.25, 0.3) is 0 Å². The first-order valence-electron chi connectivity index (χ1n) is 5.05. The van der Waals surface area contributed by atoms with E-state index in [1.54, 1.807) is 19.1 Å². The van der Waals surface area contributed by atoms with Gasteiger partial charge in [0, 0.05) is 12.7 Å². The van der Waals surface area contributed by atoms with Gasteiger partial charge in [0.15, 0.2) is 5.12 Å². The molecule has 0 N–H and O–H groups in total. The van der Waals surface area contributed by atoms with E-state index in [-0.39, 0.29) is 5.12 Å². The molecule has 0 radical (unpaired) electrons. The van der Waals surface area contributed by atoms with Crippen molar-refractivity contribution in [3.05, 3.63) is 35.4 Å². The highest BCUT2D eigenvalue weighted by molar-refractivity contribution is 8.13. The van der Waals surface area contributed by atoms with Crippen LogP contribution in [0, 0.1) is 11.3 Å². The van der Waals surface area contributed by atoms with Crippen LogP contribution in [-0.2, 0) is 4.79 Å². The molecule has 0 bridgehead atoms. The summed E-state index contributed by atoms with van der Waals surface area (Å²) in [6, 6.07) is 7.46. The molecule has 1 rings (SSSR count). The van der Waals surface area contributed by atoms with Crippen molar-refractivity contribution in [3.8, 4) is 11.8 Å². The highest BCUT2D eigenvalue weighted by atomic mass is 32.2. The third-order valence-corrected chi connectivity index (χ3v) is 2.80. The Morgan fingerprint density at radius 1 is 1.59 bits per heavy atom. The molecule has 0 saturated carbocycles. The zero-order valence-electron chi connectivity index (χ0n) is 9.77. The Kier molecular flexibility index (Phi) is 5.31. The number of rotatable bonds is 4. The molecule has 0 spiro atoms. The Hall–Kier alpha value is -1.73. The predicted octanol–water partition coefficient (Wildman–Crippen LogP) is 2.86. The molecule has 0 saturated heterocycles. The Morgan fingerprint density at radius 3 is 2.94 bits per heavy atom. The first kappa shape index (κ1) is 13.3. The molecule has 0 fully saturated rings. The number of thioether (sulfide) groups is 1. The largest absolute Gasteiger partial charge is 0.495 e. The molecule has 0 unspecified atom stereocenters. The van der Waals surface area contributed by atoms with Crippen LogP contribution in [0.4, 0.5) is 0 Å². The molecule has 3 nitrogen and oxygen atoms in total. The molecule has 17 heavy (non-hydrogen) atoms. The molecular weight excluding hydrogens is 234 g/mol. The van der Waals surface area contributed by atoms with Crippen LogP contribution in [0.25, 0.3) is 6.08 Å². The maximum atomic E-state index is 10.7. The number of nitriles is 1. The smallest absolute Gasteiger partial charge is 0.186 e. The molecule has 0 aromatic heterocycles. The molecule has 1 aromatic carbocycles. The Morgan fingerprint density at radius 2 is 2.35 bits per heavy atom. The van der Waals surface area contributed by atoms with Gasteiger partial charge < -0.3 is 4.74 Å². The van der Waals surface area contributed by atoms with Crippen molar-refractivity contribution in [2.24, 2.45) is 0 Å². The van der Waals surface area contributed by atoms with Crippen LogP contribution in [0.2, 0.25) is 0 Å². The number of carbonyl (C=O) groups excluding carboxylic acids is 1. The predicted molar refractivity (Wildman–Crippen MR) is 69.9 cm³/mol. The Balaban J connectivity index is 2.73. The SMILES string of the molecule is COc1ccc(C=CCSC(C)=O)cc1C#N. The van der Waals surface area contributed by atoms with Gasteiger partial charge in [-0.15, -0.1) is 0 Å². The second-order valence-electron chi connectivity index (χ2n) is 3.28. The second-order valence-corrected chi connectivity index (χ2v) is 4.47. The van der Waals surface area contributed by atoms with E-state index in [4.69, 9.17) is 10.00 Å². The van der Waals surface area contributed by atoms with Crippen molar-refractivity contribution in [1.82, 2.24) is 0 Å². The van der Waals surface area contributed by atoms with E-state index in [1.807, 2.05) is 18.2 Å². The fraction of sp³-hybridized carbons (Fsp3) is 0.231. The molecule has 1 aromatic rings. The van der Waals surface area contributed by atoms with Crippen molar-refractivity contribution in [2.75, 3.05) is 12.9 Å². The van der Waals surface area contributed by atoms with Crippen molar-refractivity contribution < 1.29 is 9.53 Å². The zero-order chi connectivity index (χ0) is 12.7. The van der Waals surface area contributed by atoms with Crippen molar-refractivity contribution >= 4 is 23.0 Å². The van der Waals surface area contributed by atoms with E-state index in [9.17, 15) is 4.79 Å². The molecule has 0 amide bonds. The number of hydrogen-bond acceptors (Lipinski definition) is 4. The summed E-state index contributed by atoms with van der Waals surface area (Å²) in [5.74, 6) is 1.21. The second kappa shape index (κ2) is 6.77. The summed E-state index contributed by atoms with van der Waals surface area (Å²) in [6.07, 6.45) is 3.78. The summed E-state index contributed by atoms with van der Waals surface area (Å²) in [4.78, 5) is 10.7. The number of carbonyl (C=O) groups is 1. The molecule has 0 aliphatic heterocycles. The lowest BCUT2D eigenvalue weighted by Crippen LogP contribution is -1.88. The van der Waals surface area contributed by atoms with Crippen molar-refractivity contribution in [2.45, 2.75) is 6.92 Å². The lowest BCUT2D eigenvalue weighted by Gasteiger charge is -2.02. The van der Waals surface area contributed by atoms with Gasteiger partial charge in [-0.1, -0.05) is 30.0 Å². The van der Waals surface area contributed by atoms with Gasteiger partial charge in [-0.05, 0) is 17.7 Å². The van der Waals surface area contributed by atoms with Crippen molar-refractivity contribution in [1.29, 1.82) is 5.26 Å². The highest BCUT2D eigenvalue weighted by Crippen LogP contribution is 2.19. The fourth-order valence-electron chi connectivity index (χ4n) is 1.27. The number of nitrogens with zero attached hydrogens (tertiary/aromatic N) is 1. The van der Waals surface area contributed by atoms with Gasteiger partial charge in [-0.25, -0.2) is 0 Å². The minimum atomic E-state index is 0.0992. The quantitative estimate of drug-likeness (QED) is 0.821. The van der Waals surface area contributed by atoms with Crippen LogP contribution in [0.5, 0.6) is 5.75 Å². The molecule has 4 heteroatoms. The average molecular weight is 247 g/mol. The topological polar surface area (TPSA) is 50.1 Å². The normalized spacial score (nSPS) is 10.2. The van der Waals surface area contributed by atoms with Crippen LogP contribution < -0.4 is 4.74 Å². The molecule has 0 heterocycles. The lowest BCUT2D eigenvalue weighted by atomic mass is 10.1. The minimum Gasteiger partial charge on any atom is -0.495 e. The van der Waals surface area contributed by atoms with Crippen LogP contribution in [-0.4, -0.2) is 18.0 Å². The number of hydrogen-bond donors (Lipinski definition) is 0. The fourth-order valence-corrected chi connectivity index (χ4v) is 1.69. The van der Waals surface area contributed by atoms with Crippen LogP contribution in [0.15, 0.2) is 24.3 Å². The molecule has 0 aliphatic rings. The molecule has 88 valence electrons. The van der Waals surface area contributed by atoms with Gasteiger partial charge in [-0.2, -0.15) is 5.26 Å². The summed E-state index contributed by atoms with van der Waals surface area (Å²) in [5, 5.41) is 9.01. The molecular formula is C13H13NO2S. The van der Waals surface area contributed by atoms with Gasteiger partial charge >= 0.3 is 0 Å². The summed E-state index contributed by atoms with van der Waals surface area (Å²) >= 11 is 1.25. The van der Waals surface area contributed by atoms with E-state index in [0.29, 0.717) is 17.1 Å². The monoisotopic (exact) mass is 247 g/mol. The van der Waals surface area contributed by atoms with E-state index < -0.39 is 0 Å². The van der Waals surface area contributed by atoms with Gasteiger partial charge in [0.2, 0.25) is 0 Å².